The molecule has 10 nitrogen and oxygen atoms in total. The second-order valence-corrected chi connectivity index (χ2v) is 7.92. The second kappa shape index (κ2) is 10.7. The number of ether oxygens (including phenoxy) is 5. The number of benzene rings is 2. The molecule has 174 valence electrons. The van der Waals surface area contributed by atoms with E-state index in [1.807, 2.05) is 0 Å². The average Bonchev–Trinajstić information content (AvgIpc) is 2.76. The van der Waals surface area contributed by atoms with Gasteiger partial charge in [0.2, 0.25) is 0 Å². The summed E-state index contributed by atoms with van der Waals surface area (Å²) in [5, 5.41) is 10.3. The lowest BCUT2D eigenvalue weighted by atomic mass is 10.1. The van der Waals surface area contributed by atoms with Gasteiger partial charge in [-0.05, 0) is 25.1 Å². The summed E-state index contributed by atoms with van der Waals surface area (Å²) in [6.07, 6.45) is -0.0467. The molecule has 0 radical (unpaired) electrons. The van der Waals surface area contributed by atoms with Gasteiger partial charge in [0.05, 0.1) is 45.1 Å². The van der Waals surface area contributed by atoms with E-state index in [-0.39, 0.29) is 17.2 Å². The Kier molecular flexibility index (Phi) is 8.33. The van der Waals surface area contributed by atoms with E-state index in [4.69, 9.17) is 23.7 Å². The van der Waals surface area contributed by atoms with Crippen molar-refractivity contribution < 1.29 is 42.0 Å². The molecule has 0 aliphatic carbocycles. The van der Waals surface area contributed by atoms with E-state index in [1.54, 1.807) is 12.1 Å². The van der Waals surface area contributed by atoms with Gasteiger partial charge in [0.15, 0.2) is 11.5 Å². The summed E-state index contributed by atoms with van der Waals surface area (Å²) >= 11 is 0. The van der Waals surface area contributed by atoms with Crippen molar-refractivity contribution in [3.05, 3.63) is 41.3 Å². The summed E-state index contributed by atoms with van der Waals surface area (Å²) in [5.74, 6) is 0.399. The van der Waals surface area contributed by atoms with Crippen LogP contribution in [-0.2, 0) is 14.8 Å². The molecule has 1 atom stereocenters. The molecule has 0 aromatic heterocycles. The van der Waals surface area contributed by atoms with Gasteiger partial charge in [-0.3, -0.25) is 4.72 Å². The zero-order valence-corrected chi connectivity index (χ0v) is 19.1. The number of aliphatic hydroxyl groups is 1. The van der Waals surface area contributed by atoms with Gasteiger partial charge in [0.25, 0.3) is 10.0 Å². The van der Waals surface area contributed by atoms with Crippen molar-refractivity contribution in [1.29, 1.82) is 0 Å². The number of hydrogen-bond donors (Lipinski definition) is 2. The van der Waals surface area contributed by atoms with Gasteiger partial charge in [-0.25, -0.2) is 13.2 Å². The van der Waals surface area contributed by atoms with Gasteiger partial charge in [-0.2, -0.15) is 0 Å². The van der Waals surface area contributed by atoms with Crippen molar-refractivity contribution in [3.8, 4) is 28.7 Å². The number of sulfonamides is 1. The highest BCUT2D eigenvalue weighted by Gasteiger charge is 2.17. The van der Waals surface area contributed by atoms with E-state index >= 15 is 0 Å². The highest BCUT2D eigenvalue weighted by Crippen LogP contribution is 2.35. The molecule has 2 rings (SSSR count). The lowest BCUT2D eigenvalue weighted by molar-refractivity contribution is -0.142. The number of carbonyl (C=O) groups excluding carboxylic acids is 1. The van der Waals surface area contributed by atoms with Gasteiger partial charge >= 0.3 is 5.97 Å². The fourth-order valence-corrected chi connectivity index (χ4v) is 3.41. The number of nitrogens with one attached hydrogen (secondary N) is 1. The maximum absolute atomic E-state index is 12.6. The largest absolute Gasteiger partial charge is 0.496 e. The zero-order chi connectivity index (χ0) is 23.9. The number of hydrogen-bond acceptors (Lipinski definition) is 9. The molecule has 0 saturated heterocycles. The molecular weight excluding hydrogens is 442 g/mol. The van der Waals surface area contributed by atoms with Crippen LogP contribution < -0.4 is 28.4 Å². The standard InChI is InChI=1S/C21H25NO9S/c1-13(23)21(24)31-20-10-14(6-7-17(20)28-3)22-32(25,26)9-8-16-18(29-4)11-15(27-2)12-19(16)30-5/h6-13,22-23H,1-5H3. The Balaban J connectivity index is 2.33. The number of esters is 1. The third kappa shape index (κ3) is 6.28. The molecule has 0 aliphatic heterocycles. The molecule has 0 saturated carbocycles. The molecule has 0 heterocycles. The van der Waals surface area contributed by atoms with E-state index in [2.05, 4.69) is 4.72 Å². The summed E-state index contributed by atoms with van der Waals surface area (Å²) in [6.45, 7) is 1.24. The highest BCUT2D eigenvalue weighted by atomic mass is 32.2. The molecule has 2 aromatic rings. The quantitative estimate of drug-likeness (QED) is 0.400. The Morgan fingerprint density at radius 1 is 0.938 bits per heavy atom. The van der Waals surface area contributed by atoms with Crippen molar-refractivity contribution in [1.82, 2.24) is 0 Å². The van der Waals surface area contributed by atoms with Crippen LogP contribution in [-0.4, -0.2) is 54.0 Å². The number of methoxy groups -OCH3 is 4. The first kappa shape index (κ1) is 24.8. The van der Waals surface area contributed by atoms with Crippen LogP contribution in [0.2, 0.25) is 0 Å². The fraction of sp³-hybridized carbons (Fsp3) is 0.286. The highest BCUT2D eigenvalue weighted by molar-refractivity contribution is 7.95. The summed E-state index contributed by atoms with van der Waals surface area (Å²) in [4.78, 5) is 11.7. The Morgan fingerprint density at radius 2 is 1.53 bits per heavy atom. The van der Waals surface area contributed by atoms with Gasteiger partial charge in [-0.1, -0.05) is 0 Å². The topological polar surface area (TPSA) is 130 Å². The molecule has 0 aliphatic rings. The van der Waals surface area contributed by atoms with Crippen LogP contribution in [0.5, 0.6) is 28.7 Å². The molecule has 32 heavy (non-hydrogen) atoms. The van der Waals surface area contributed by atoms with Crippen molar-refractivity contribution >= 4 is 27.8 Å². The minimum Gasteiger partial charge on any atom is -0.496 e. The Labute approximate surface area is 186 Å². The SMILES string of the molecule is COc1cc(OC)c(C=CS(=O)(=O)Nc2ccc(OC)c(OC(=O)C(C)O)c2)c(OC)c1. The summed E-state index contributed by atoms with van der Waals surface area (Å²) in [5.41, 5.74) is 0.500. The zero-order valence-electron chi connectivity index (χ0n) is 18.2. The lowest BCUT2D eigenvalue weighted by Crippen LogP contribution is -2.22. The predicted octanol–water partition coefficient (Wildman–Crippen LogP) is 2.42. The first-order chi connectivity index (χ1) is 15.1. The molecular formula is C21H25NO9S. The van der Waals surface area contributed by atoms with E-state index in [1.165, 1.54) is 59.6 Å². The molecule has 2 N–H and O–H groups in total. The normalized spacial score (nSPS) is 12.2. The maximum Gasteiger partial charge on any atom is 0.340 e. The molecule has 11 heteroatoms. The minimum atomic E-state index is -3.98. The van der Waals surface area contributed by atoms with Crippen molar-refractivity contribution in [2.24, 2.45) is 0 Å². The minimum absolute atomic E-state index is 0.0546. The van der Waals surface area contributed by atoms with E-state index in [9.17, 15) is 18.3 Å². The summed E-state index contributed by atoms with van der Waals surface area (Å²) in [7, 11) is 1.73. The van der Waals surface area contributed by atoms with Crippen LogP contribution in [0.25, 0.3) is 6.08 Å². The number of carbonyl (C=O) groups is 1. The number of aliphatic hydroxyl groups excluding tert-OH is 1. The van der Waals surface area contributed by atoms with Crippen LogP contribution in [0.3, 0.4) is 0 Å². The first-order valence-electron chi connectivity index (χ1n) is 9.22. The van der Waals surface area contributed by atoms with E-state index in [0.29, 0.717) is 22.8 Å². The van der Waals surface area contributed by atoms with Crippen LogP contribution >= 0.6 is 0 Å². The monoisotopic (exact) mass is 467 g/mol. The van der Waals surface area contributed by atoms with Gasteiger partial charge in [0.1, 0.15) is 23.4 Å². The molecule has 1 unspecified atom stereocenters. The number of anilines is 1. The Hall–Kier alpha value is -3.44. The summed E-state index contributed by atoms with van der Waals surface area (Å²) < 4.78 is 53.5. The Bertz CT molecular complexity index is 1070. The van der Waals surface area contributed by atoms with Crippen LogP contribution in [0.15, 0.2) is 35.7 Å². The van der Waals surface area contributed by atoms with Crippen LogP contribution in [0.1, 0.15) is 12.5 Å². The average molecular weight is 467 g/mol. The van der Waals surface area contributed by atoms with Gasteiger partial charge < -0.3 is 28.8 Å². The molecule has 0 fully saturated rings. The van der Waals surface area contributed by atoms with Crippen molar-refractivity contribution in [3.63, 3.8) is 0 Å². The first-order valence-corrected chi connectivity index (χ1v) is 10.8. The lowest BCUT2D eigenvalue weighted by Gasteiger charge is -2.13. The molecule has 2 aromatic carbocycles. The maximum atomic E-state index is 12.6. The molecule has 0 spiro atoms. The number of rotatable bonds is 10. The van der Waals surface area contributed by atoms with Crippen molar-refractivity contribution in [2.75, 3.05) is 33.2 Å². The molecule has 0 bridgehead atoms. The van der Waals surface area contributed by atoms with Crippen molar-refractivity contribution in [2.45, 2.75) is 13.0 Å². The van der Waals surface area contributed by atoms with Crippen LogP contribution in [0.4, 0.5) is 5.69 Å². The van der Waals surface area contributed by atoms with Gasteiger partial charge in [-0.15, -0.1) is 0 Å². The fourth-order valence-electron chi connectivity index (χ4n) is 2.57. The molecule has 0 amide bonds. The second-order valence-electron chi connectivity index (χ2n) is 6.36. The summed E-state index contributed by atoms with van der Waals surface area (Å²) in [6, 6.07) is 7.29. The smallest absolute Gasteiger partial charge is 0.340 e. The Morgan fingerprint density at radius 3 is 2.03 bits per heavy atom. The van der Waals surface area contributed by atoms with E-state index in [0.717, 1.165) is 5.41 Å². The predicted molar refractivity (Wildman–Crippen MR) is 118 cm³/mol. The van der Waals surface area contributed by atoms with Crippen LogP contribution in [0, 0.1) is 0 Å². The third-order valence-corrected chi connectivity index (χ3v) is 5.16. The third-order valence-electron chi connectivity index (χ3n) is 4.14. The van der Waals surface area contributed by atoms with Gasteiger partial charge in [0, 0.05) is 18.2 Å². The van der Waals surface area contributed by atoms with E-state index < -0.39 is 22.1 Å².